The van der Waals surface area contributed by atoms with Gasteiger partial charge >= 0.3 is 5.97 Å². The van der Waals surface area contributed by atoms with Crippen molar-refractivity contribution in [2.24, 2.45) is 0 Å². The first-order valence-corrected chi connectivity index (χ1v) is 7.64. The zero-order valence-corrected chi connectivity index (χ0v) is 13.2. The number of nitrogens with one attached hydrogen (secondary N) is 1. The summed E-state index contributed by atoms with van der Waals surface area (Å²) in [5, 5.41) is 3.22. The van der Waals surface area contributed by atoms with Crippen LogP contribution in [0.4, 0.5) is 5.82 Å². The lowest BCUT2D eigenvalue weighted by Crippen LogP contribution is -2.41. The quantitative estimate of drug-likeness (QED) is 0.842. The molecule has 0 aliphatic carbocycles. The molecule has 0 radical (unpaired) electrons. The van der Waals surface area contributed by atoms with Crippen molar-refractivity contribution in [3.8, 4) is 0 Å². The van der Waals surface area contributed by atoms with Gasteiger partial charge < -0.3 is 15.0 Å². The molecule has 2 rings (SSSR count). The Morgan fingerprint density at radius 1 is 1.48 bits per heavy atom. The molecule has 0 aromatic carbocycles. The average molecular weight is 291 g/mol. The molecule has 0 spiro atoms. The molecule has 1 unspecified atom stereocenters. The fraction of sp³-hybridized carbons (Fsp3) is 0.625. The molecule has 2 heterocycles. The lowest BCUT2D eigenvalue weighted by molar-refractivity contribution is 0.0599. The van der Waals surface area contributed by atoms with E-state index in [2.05, 4.69) is 15.2 Å². The molecule has 1 aliphatic rings. The van der Waals surface area contributed by atoms with Crippen molar-refractivity contribution in [3.63, 3.8) is 0 Å². The van der Waals surface area contributed by atoms with Crippen LogP contribution in [-0.2, 0) is 4.74 Å². The molecule has 1 aliphatic heterocycles. The van der Waals surface area contributed by atoms with Gasteiger partial charge in [-0.3, -0.25) is 0 Å². The first-order valence-electron chi connectivity index (χ1n) is 7.64. The zero-order valence-electron chi connectivity index (χ0n) is 13.2. The second-order valence-electron chi connectivity index (χ2n) is 5.53. The van der Waals surface area contributed by atoms with Gasteiger partial charge in [0, 0.05) is 12.6 Å². The zero-order chi connectivity index (χ0) is 15.2. The Morgan fingerprint density at radius 2 is 2.29 bits per heavy atom. The van der Waals surface area contributed by atoms with Crippen molar-refractivity contribution in [2.75, 3.05) is 32.1 Å². The van der Waals surface area contributed by atoms with Gasteiger partial charge in [0.25, 0.3) is 0 Å². The van der Waals surface area contributed by atoms with Gasteiger partial charge in [0.1, 0.15) is 5.82 Å². The van der Waals surface area contributed by atoms with Crippen LogP contribution < -0.4 is 10.2 Å². The van der Waals surface area contributed by atoms with E-state index in [9.17, 15) is 4.79 Å². The largest absolute Gasteiger partial charge is 0.465 e. The van der Waals surface area contributed by atoms with Crippen molar-refractivity contribution in [1.82, 2.24) is 10.3 Å². The lowest BCUT2D eigenvalue weighted by Gasteiger charge is -2.37. The number of anilines is 1. The van der Waals surface area contributed by atoms with Gasteiger partial charge in [0.2, 0.25) is 0 Å². The number of carbonyl (C=O) groups excluding carboxylic acids is 1. The second kappa shape index (κ2) is 7.41. The summed E-state index contributed by atoms with van der Waals surface area (Å²) in [5.74, 6) is 0.651. The Kier molecular flexibility index (Phi) is 5.56. The van der Waals surface area contributed by atoms with E-state index in [0.29, 0.717) is 11.6 Å². The standard InChI is InChI=1S/C16H25N3O2/c1-12-14(16(20)21-3)7-8-15(18-12)19-11-5-4-6-13(19)9-10-17-2/h7-8,13,17H,4-6,9-11H2,1-3H3. The number of piperidine rings is 1. The van der Waals surface area contributed by atoms with Crippen LogP contribution in [0, 0.1) is 6.92 Å². The molecule has 1 N–H and O–H groups in total. The summed E-state index contributed by atoms with van der Waals surface area (Å²) in [6.07, 6.45) is 4.82. The van der Waals surface area contributed by atoms with E-state index in [1.807, 2.05) is 26.1 Å². The third kappa shape index (κ3) is 3.73. The highest BCUT2D eigenvalue weighted by Crippen LogP contribution is 2.26. The number of esters is 1. The van der Waals surface area contributed by atoms with E-state index >= 15 is 0 Å². The van der Waals surface area contributed by atoms with E-state index in [0.717, 1.165) is 31.0 Å². The Balaban J connectivity index is 2.18. The van der Waals surface area contributed by atoms with Gasteiger partial charge in [-0.1, -0.05) is 0 Å². The molecule has 1 aromatic rings. The fourth-order valence-corrected chi connectivity index (χ4v) is 2.95. The Labute approximate surface area is 126 Å². The number of nitrogens with zero attached hydrogens (tertiary/aromatic N) is 2. The first-order chi connectivity index (χ1) is 10.2. The number of aromatic nitrogens is 1. The molecule has 0 saturated carbocycles. The predicted molar refractivity (Wildman–Crippen MR) is 83.8 cm³/mol. The van der Waals surface area contributed by atoms with E-state index in [1.54, 1.807) is 0 Å². The molecular formula is C16H25N3O2. The minimum atomic E-state index is -0.322. The molecule has 1 fully saturated rings. The van der Waals surface area contributed by atoms with Gasteiger partial charge in [-0.25, -0.2) is 9.78 Å². The summed E-state index contributed by atoms with van der Waals surface area (Å²) in [4.78, 5) is 18.7. The van der Waals surface area contributed by atoms with E-state index in [4.69, 9.17) is 4.74 Å². The van der Waals surface area contributed by atoms with Crippen LogP contribution in [0.15, 0.2) is 12.1 Å². The van der Waals surface area contributed by atoms with Crippen LogP contribution in [0.25, 0.3) is 0 Å². The highest BCUT2D eigenvalue weighted by Gasteiger charge is 2.24. The number of hydrogen-bond acceptors (Lipinski definition) is 5. The summed E-state index contributed by atoms with van der Waals surface area (Å²) >= 11 is 0. The van der Waals surface area contributed by atoms with Crippen LogP contribution >= 0.6 is 0 Å². The number of pyridine rings is 1. The molecule has 5 heteroatoms. The summed E-state index contributed by atoms with van der Waals surface area (Å²) in [7, 11) is 3.38. The maximum Gasteiger partial charge on any atom is 0.339 e. The summed E-state index contributed by atoms with van der Waals surface area (Å²) in [6, 6.07) is 4.30. The van der Waals surface area contributed by atoms with E-state index < -0.39 is 0 Å². The predicted octanol–water partition coefficient (Wildman–Crippen LogP) is 2.15. The van der Waals surface area contributed by atoms with Crippen LogP contribution in [0.5, 0.6) is 0 Å². The topological polar surface area (TPSA) is 54.5 Å². The Hall–Kier alpha value is -1.62. The molecule has 21 heavy (non-hydrogen) atoms. The van der Waals surface area contributed by atoms with Gasteiger partial charge in [-0.05, 0) is 58.3 Å². The number of methoxy groups -OCH3 is 1. The SMILES string of the molecule is CNCCC1CCCCN1c1ccc(C(=O)OC)c(C)n1. The normalized spacial score (nSPS) is 18.6. The van der Waals surface area contributed by atoms with Crippen LogP contribution in [0.2, 0.25) is 0 Å². The summed E-state index contributed by atoms with van der Waals surface area (Å²) in [5.41, 5.74) is 1.28. The monoisotopic (exact) mass is 291 g/mol. The van der Waals surface area contributed by atoms with Gasteiger partial charge in [-0.2, -0.15) is 0 Å². The molecule has 0 bridgehead atoms. The van der Waals surface area contributed by atoms with Gasteiger partial charge in [-0.15, -0.1) is 0 Å². The number of hydrogen-bond donors (Lipinski definition) is 1. The number of carbonyl (C=O) groups is 1. The highest BCUT2D eigenvalue weighted by atomic mass is 16.5. The maximum absolute atomic E-state index is 11.6. The molecule has 1 atom stereocenters. The van der Waals surface area contributed by atoms with Gasteiger partial charge in [0.05, 0.1) is 18.4 Å². The van der Waals surface area contributed by atoms with Crippen molar-refractivity contribution in [2.45, 2.75) is 38.6 Å². The smallest absolute Gasteiger partial charge is 0.339 e. The minimum Gasteiger partial charge on any atom is -0.465 e. The van der Waals surface area contributed by atoms with E-state index in [1.165, 1.54) is 26.4 Å². The van der Waals surface area contributed by atoms with Gasteiger partial charge in [0.15, 0.2) is 0 Å². The molecule has 116 valence electrons. The van der Waals surface area contributed by atoms with E-state index in [-0.39, 0.29) is 5.97 Å². The number of aryl methyl sites for hydroxylation is 1. The summed E-state index contributed by atoms with van der Waals surface area (Å²) in [6.45, 7) is 3.92. The first kappa shape index (κ1) is 15.8. The molecule has 1 saturated heterocycles. The lowest BCUT2D eigenvalue weighted by atomic mass is 9.99. The average Bonchev–Trinajstić information content (AvgIpc) is 2.52. The van der Waals surface area contributed by atoms with Crippen LogP contribution in [-0.4, -0.2) is 44.2 Å². The summed E-state index contributed by atoms with van der Waals surface area (Å²) < 4.78 is 4.78. The van der Waals surface area contributed by atoms with Crippen molar-refractivity contribution >= 4 is 11.8 Å². The Bertz CT molecular complexity index is 490. The Morgan fingerprint density at radius 3 is 2.95 bits per heavy atom. The third-order valence-corrected chi connectivity index (χ3v) is 4.13. The maximum atomic E-state index is 11.6. The minimum absolute atomic E-state index is 0.322. The third-order valence-electron chi connectivity index (χ3n) is 4.13. The molecule has 1 aromatic heterocycles. The van der Waals surface area contributed by atoms with Crippen molar-refractivity contribution in [1.29, 1.82) is 0 Å². The fourth-order valence-electron chi connectivity index (χ4n) is 2.95. The number of ether oxygens (including phenoxy) is 1. The van der Waals surface area contributed by atoms with Crippen molar-refractivity contribution in [3.05, 3.63) is 23.4 Å². The molecule has 0 amide bonds. The molecular weight excluding hydrogens is 266 g/mol. The highest BCUT2D eigenvalue weighted by molar-refractivity contribution is 5.90. The molecule has 5 nitrogen and oxygen atoms in total. The number of rotatable bonds is 5. The van der Waals surface area contributed by atoms with Crippen LogP contribution in [0.3, 0.4) is 0 Å². The second-order valence-corrected chi connectivity index (χ2v) is 5.53. The van der Waals surface area contributed by atoms with Crippen LogP contribution in [0.1, 0.15) is 41.7 Å². The van der Waals surface area contributed by atoms with Crippen molar-refractivity contribution < 1.29 is 9.53 Å².